The average molecular weight is 387 g/mol. The summed E-state index contributed by atoms with van der Waals surface area (Å²) in [5.41, 5.74) is 7.27. The van der Waals surface area contributed by atoms with E-state index in [1.54, 1.807) is 30.3 Å². The van der Waals surface area contributed by atoms with Gasteiger partial charge in [0, 0.05) is 30.8 Å². The molecule has 1 aliphatic rings. The summed E-state index contributed by atoms with van der Waals surface area (Å²) in [5.74, 6) is -0.703. The fourth-order valence-electron chi connectivity index (χ4n) is 3.51. The monoisotopic (exact) mass is 387 g/mol. The van der Waals surface area contributed by atoms with Crippen LogP contribution in [-0.4, -0.2) is 23.6 Å². The number of fused-ring (bicyclic) bond motifs is 1. The third-order valence-corrected chi connectivity index (χ3v) is 5.11. The molecule has 1 amide bonds. The second kappa shape index (κ2) is 8.80. The molecule has 3 aromatic carbocycles. The fraction of sp³-hybridized carbons (Fsp3) is 0.167. The molecule has 29 heavy (non-hydrogen) atoms. The van der Waals surface area contributed by atoms with Crippen molar-refractivity contribution in [2.24, 2.45) is 5.10 Å². The van der Waals surface area contributed by atoms with Crippen molar-refractivity contribution < 1.29 is 9.18 Å². The Hall–Kier alpha value is -3.31. The summed E-state index contributed by atoms with van der Waals surface area (Å²) in [7, 11) is 0. The van der Waals surface area contributed by atoms with Crippen LogP contribution < -0.4 is 5.43 Å². The highest BCUT2D eigenvalue weighted by atomic mass is 19.1. The van der Waals surface area contributed by atoms with Crippen LogP contribution in [0, 0.1) is 5.82 Å². The fourth-order valence-corrected chi connectivity index (χ4v) is 3.51. The molecular formula is C24H22FN3O. The Morgan fingerprint density at radius 1 is 1.00 bits per heavy atom. The molecule has 1 heterocycles. The van der Waals surface area contributed by atoms with E-state index in [1.807, 2.05) is 12.1 Å². The molecular weight excluding hydrogens is 365 g/mol. The molecule has 3 aromatic rings. The summed E-state index contributed by atoms with van der Waals surface area (Å²) in [5, 5.41) is 3.84. The Balaban J connectivity index is 1.33. The zero-order valence-electron chi connectivity index (χ0n) is 16.0. The van der Waals surface area contributed by atoms with E-state index >= 15 is 0 Å². The van der Waals surface area contributed by atoms with Crippen molar-refractivity contribution in [2.75, 3.05) is 6.54 Å². The van der Waals surface area contributed by atoms with Crippen molar-refractivity contribution in [2.45, 2.75) is 19.5 Å². The number of hydrogen-bond donors (Lipinski definition) is 1. The topological polar surface area (TPSA) is 44.7 Å². The molecule has 0 aromatic heterocycles. The number of carbonyl (C=O) groups is 1. The maximum Gasteiger partial charge on any atom is 0.271 e. The Bertz CT molecular complexity index is 1030. The standard InChI is InChI=1S/C24H22FN3O/c25-23-8-4-3-6-21(23)15-26-27-24(29)20-11-9-18(10-12-20)16-28-14-13-19-5-1-2-7-22(19)17-28/h1-12,15H,13-14,16-17H2,(H,27,29)/b26-15+. The molecule has 5 heteroatoms. The van der Waals surface area contributed by atoms with Crippen molar-refractivity contribution in [1.29, 1.82) is 0 Å². The summed E-state index contributed by atoms with van der Waals surface area (Å²) < 4.78 is 13.5. The van der Waals surface area contributed by atoms with Crippen LogP contribution in [-0.2, 0) is 19.5 Å². The first kappa shape index (κ1) is 19.0. The number of nitrogens with zero attached hydrogens (tertiary/aromatic N) is 2. The van der Waals surface area contributed by atoms with E-state index in [9.17, 15) is 9.18 Å². The SMILES string of the molecule is O=C(N/N=C/c1ccccc1F)c1ccc(CN2CCc3ccccc3C2)cc1. The molecule has 4 nitrogen and oxygen atoms in total. The lowest BCUT2D eigenvalue weighted by Gasteiger charge is -2.28. The molecule has 0 bridgehead atoms. The lowest BCUT2D eigenvalue weighted by atomic mass is 9.99. The summed E-state index contributed by atoms with van der Waals surface area (Å²) in [6.07, 6.45) is 2.37. The van der Waals surface area contributed by atoms with E-state index in [1.165, 1.54) is 23.4 Å². The molecule has 1 N–H and O–H groups in total. The van der Waals surface area contributed by atoms with E-state index in [-0.39, 0.29) is 11.7 Å². The van der Waals surface area contributed by atoms with Gasteiger partial charge in [0.05, 0.1) is 6.21 Å². The number of hydrogen-bond acceptors (Lipinski definition) is 3. The van der Waals surface area contributed by atoms with Crippen LogP contribution in [0.25, 0.3) is 0 Å². The van der Waals surface area contributed by atoms with E-state index in [2.05, 4.69) is 39.7 Å². The second-order valence-corrected chi connectivity index (χ2v) is 7.15. The first-order valence-electron chi connectivity index (χ1n) is 9.65. The predicted molar refractivity (Wildman–Crippen MR) is 112 cm³/mol. The van der Waals surface area contributed by atoms with Crippen LogP contribution in [0.15, 0.2) is 77.9 Å². The third-order valence-electron chi connectivity index (χ3n) is 5.11. The molecule has 146 valence electrons. The minimum absolute atomic E-state index is 0.323. The first-order chi connectivity index (χ1) is 14.2. The highest BCUT2D eigenvalue weighted by Crippen LogP contribution is 2.20. The van der Waals surface area contributed by atoms with Crippen LogP contribution in [0.2, 0.25) is 0 Å². The molecule has 0 unspecified atom stereocenters. The molecule has 0 spiro atoms. The number of amides is 1. The van der Waals surface area contributed by atoms with Gasteiger partial charge in [-0.2, -0.15) is 5.10 Å². The predicted octanol–water partition coefficient (Wildman–Crippen LogP) is 4.15. The van der Waals surface area contributed by atoms with Gasteiger partial charge in [0.1, 0.15) is 5.82 Å². The molecule has 4 rings (SSSR count). The Labute approximate surface area is 169 Å². The normalized spacial score (nSPS) is 14.0. The lowest BCUT2D eigenvalue weighted by molar-refractivity contribution is 0.0955. The largest absolute Gasteiger partial charge is 0.294 e. The second-order valence-electron chi connectivity index (χ2n) is 7.15. The summed E-state index contributed by atoms with van der Waals surface area (Å²) >= 11 is 0. The van der Waals surface area contributed by atoms with E-state index in [0.717, 1.165) is 31.6 Å². The molecule has 0 saturated carbocycles. The first-order valence-corrected chi connectivity index (χ1v) is 9.65. The Morgan fingerprint density at radius 3 is 2.52 bits per heavy atom. The zero-order valence-corrected chi connectivity index (χ0v) is 16.0. The quantitative estimate of drug-likeness (QED) is 0.528. The highest BCUT2D eigenvalue weighted by molar-refractivity contribution is 5.94. The van der Waals surface area contributed by atoms with Crippen LogP contribution in [0.5, 0.6) is 0 Å². The molecule has 1 aliphatic heterocycles. The summed E-state index contributed by atoms with van der Waals surface area (Å²) in [4.78, 5) is 14.6. The number of hydrazone groups is 1. The van der Waals surface area contributed by atoms with Crippen molar-refractivity contribution in [3.8, 4) is 0 Å². The molecule has 0 saturated heterocycles. The van der Waals surface area contributed by atoms with E-state index in [4.69, 9.17) is 0 Å². The van der Waals surface area contributed by atoms with Crippen molar-refractivity contribution in [3.63, 3.8) is 0 Å². The van der Waals surface area contributed by atoms with Gasteiger partial charge in [-0.25, -0.2) is 9.82 Å². The number of nitrogens with one attached hydrogen (secondary N) is 1. The van der Waals surface area contributed by atoms with Crippen molar-refractivity contribution >= 4 is 12.1 Å². The van der Waals surface area contributed by atoms with Gasteiger partial charge in [0.2, 0.25) is 0 Å². The minimum atomic E-state index is -0.379. The Morgan fingerprint density at radius 2 is 1.72 bits per heavy atom. The van der Waals surface area contributed by atoms with Crippen LogP contribution in [0.1, 0.15) is 32.6 Å². The van der Waals surface area contributed by atoms with E-state index < -0.39 is 0 Å². The summed E-state index contributed by atoms with van der Waals surface area (Å²) in [6, 6.07) is 22.4. The zero-order chi connectivity index (χ0) is 20.1. The summed E-state index contributed by atoms with van der Waals surface area (Å²) in [6.45, 7) is 2.83. The van der Waals surface area contributed by atoms with Gasteiger partial charge < -0.3 is 0 Å². The number of carbonyl (C=O) groups excluding carboxylic acids is 1. The smallest absolute Gasteiger partial charge is 0.271 e. The average Bonchev–Trinajstić information content (AvgIpc) is 2.75. The van der Waals surface area contributed by atoms with Gasteiger partial charge in [-0.15, -0.1) is 0 Å². The van der Waals surface area contributed by atoms with Gasteiger partial charge in [0.15, 0.2) is 0 Å². The Kier molecular flexibility index (Phi) is 5.77. The van der Waals surface area contributed by atoms with Gasteiger partial charge in [-0.1, -0.05) is 54.6 Å². The number of rotatable bonds is 5. The van der Waals surface area contributed by atoms with E-state index in [0.29, 0.717) is 11.1 Å². The highest BCUT2D eigenvalue weighted by Gasteiger charge is 2.15. The van der Waals surface area contributed by atoms with Gasteiger partial charge in [0.25, 0.3) is 5.91 Å². The van der Waals surface area contributed by atoms with Gasteiger partial charge >= 0.3 is 0 Å². The van der Waals surface area contributed by atoms with Gasteiger partial charge in [-0.3, -0.25) is 9.69 Å². The molecule has 0 aliphatic carbocycles. The van der Waals surface area contributed by atoms with Crippen LogP contribution in [0.4, 0.5) is 4.39 Å². The number of halogens is 1. The minimum Gasteiger partial charge on any atom is -0.294 e. The lowest BCUT2D eigenvalue weighted by Crippen LogP contribution is -2.30. The van der Waals surface area contributed by atoms with Crippen molar-refractivity contribution in [3.05, 3.63) is 106 Å². The van der Waals surface area contributed by atoms with Crippen LogP contribution >= 0.6 is 0 Å². The number of benzene rings is 3. The molecule has 0 radical (unpaired) electrons. The third kappa shape index (κ3) is 4.76. The maximum atomic E-state index is 13.5. The maximum absolute atomic E-state index is 13.5. The van der Waals surface area contributed by atoms with Crippen molar-refractivity contribution in [1.82, 2.24) is 10.3 Å². The van der Waals surface area contributed by atoms with Crippen LogP contribution in [0.3, 0.4) is 0 Å². The van der Waals surface area contributed by atoms with Gasteiger partial charge in [-0.05, 0) is 41.3 Å². The molecule has 0 fully saturated rings. The molecule has 0 atom stereocenters.